The van der Waals surface area contributed by atoms with Crippen molar-refractivity contribution in [1.29, 1.82) is 5.26 Å². The Bertz CT molecular complexity index is 828. The first-order valence-electron chi connectivity index (χ1n) is 8.48. The first kappa shape index (κ1) is 18.5. The van der Waals surface area contributed by atoms with E-state index in [0.717, 1.165) is 13.1 Å². The van der Waals surface area contributed by atoms with Gasteiger partial charge < -0.3 is 26.0 Å². The van der Waals surface area contributed by atoms with Gasteiger partial charge in [-0.3, -0.25) is 4.79 Å². The van der Waals surface area contributed by atoms with Gasteiger partial charge in [-0.15, -0.1) is 10.2 Å². The molecule has 10 nitrogen and oxygen atoms in total. The molecule has 0 bridgehead atoms. The normalized spacial score (nSPS) is 16.2. The van der Waals surface area contributed by atoms with Gasteiger partial charge in [0.25, 0.3) is 5.91 Å². The van der Waals surface area contributed by atoms with Crippen LogP contribution >= 0.6 is 0 Å². The van der Waals surface area contributed by atoms with Crippen LogP contribution in [0.2, 0.25) is 0 Å². The average Bonchev–Trinajstić information content (AvgIpc) is 2.73. The number of amides is 1. The van der Waals surface area contributed by atoms with Crippen molar-refractivity contribution >= 4 is 23.1 Å². The van der Waals surface area contributed by atoms with Crippen LogP contribution in [0.3, 0.4) is 0 Å². The molecule has 0 unspecified atom stereocenters. The van der Waals surface area contributed by atoms with E-state index < -0.39 is 0 Å². The summed E-state index contributed by atoms with van der Waals surface area (Å²) in [6, 6.07) is 6.98. The minimum absolute atomic E-state index is 0.00332. The molecule has 4 N–H and O–H groups in total. The maximum absolute atomic E-state index is 12.1. The number of carbonyl (C=O) groups excluding carboxylic acids is 1. The highest BCUT2D eigenvalue weighted by Gasteiger charge is 2.17. The summed E-state index contributed by atoms with van der Waals surface area (Å²) in [6.45, 7) is 2.76. The van der Waals surface area contributed by atoms with Gasteiger partial charge in [0.15, 0.2) is 11.5 Å². The Morgan fingerprint density at radius 3 is 3.00 bits per heavy atom. The first-order valence-corrected chi connectivity index (χ1v) is 8.48. The third-order valence-electron chi connectivity index (χ3n) is 3.91. The van der Waals surface area contributed by atoms with Crippen LogP contribution < -0.4 is 21.3 Å². The van der Waals surface area contributed by atoms with Gasteiger partial charge in [-0.05, 0) is 12.1 Å². The van der Waals surface area contributed by atoms with Crippen LogP contribution in [-0.2, 0) is 4.74 Å². The second-order valence-electron chi connectivity index (χ2n) is 5.82. The largest absolute Gasteiger partial charge is 0.380 e. The SMILES string of the molecule is CNC(=O)c1nnc(Nc2ccc(C#N)nc2)cc1NC[C@@H]1CNCCO1. The molecule has 1 saturated heterocycles. The van der Waals surface area contributed by atoms with E-state index in [4.69, 9.17) is 10.00 Å². The Balaban J connectivity index is 1.76. The first-order chi connectivity index (χ1) is 13.2. The summed E-state index contributed by atoms with van der Waals surface area (Å²) in [7, 11) is 1.54. The van der Waals surface area contributed by atoms with E-state index in [9.17, 15) is 4.79 Å². The fraction of sp³-hybridized carbons (Fsp3) is 0.353. The molecular weight excluding hydrogens is 348 g/mol. The molecule has 0 aromatic carbocycles. The van der Waals surface area contributed by atoms with E-state index in [1.54, 1.807) is 18.2 Å². The molecule has 10 heteroatoms. The van der Waals surface area contributed by atoms with Gasteiger partial charge in [0, 0.05) is 32.7 Å². The van der Waals surface area contributed by atoms with Crippen molar-refractivity contribution in [2.45, 2.75) is 6.10 Å². The predicted octanol–water partition coefficient (Wildman–Crippen LogP) is 0.247. The zero-order valence-corrected chi connectivity index (χ0v) is 14.8. The number of rotatable bonds is 6. The van der Waals surface area contributed by atoms with Crippen LogP contribution in [0.15, 0.2) is 24.4 Å². The Kier molecular flexibility index (Phi) is 6.09. The van der Waals surface area contributed by atoms with Gasteiger partial charge in [0.2, 0.25) is 0 Å². The molecule has 0 aliphatic carbocycles. The molecule has 2 aromatic rings. The number of nitrogens with one attached hydrogen (secondary N) is 4. The van der Waals surface area contributed by atoms with Crippen molar-refractivity contribution in [3.63, 3.8) is 0 Å². The molecule has 3 rings (SSSR count). The lowest BCUT2D eigenvalue weighted by molar-refractivity contribution is 0.0372. The molecule has 3 heterocycles. The van der Waals surface area contributed by atoms with Gasteiger partial charge in [-0.25, -0.2) is 4.98 Å². The summed E-state index contributed by atoms with van der Waals surface area (Å²) in [6.07, 6.45) is 1.53. The second kappa shape index (κ2) is 8.88. The molecule has 0 saturated carbocycles. The summed E-state index contributed by atoms with van der Waals surface area (Å²) >= 11 is 0. The maximum Gasteiger partial charge on any atom is 0.273 e. The van der Waals surface area contributed by atoms with Crippen LogP contribution in [0.1, 0.15) is 16.2 Å². The minimum Gasteiger partial charge on any atom is -0.380 e. The van der Waals surface area contributed by atoms with Gasteiger partial charge in [0.1, 0.15) is 11.8 Å². The molecule has 1 atom stereocenters. The molecule has 2 aromatic heterocycles. The Morgan fingerprint density at radius 2 is 2.33 bits per heavy atom. The number of hydrogen-bond donors (Lipinski definition) is 4. The fourth-order valence-electron chi connectivity index (χ4n) is 2.53. The van der Waals surface area contributed by atoms with Crippen molar-refractivity contribution in [2.75, 3.05) is 43.9 Å². The number of ether oxygens (including phenoxy) is 1. The van der Waals surface area contributed by atoms with Crippen molar-refractivity contribution in [3.8, 4) is 6.07 Å². The summed E-state index contributed by atoms with van der Waals surface area (Å²) < 4.78 is 5.66. The molecule has 0 spiro atoms. The van der Waals surface area contributed by atoms with E-state index in [2.05, 4.69) is 36.4 Å². The van der Waals surface area contributed by atoms with Crippen LogP contribution in [-0.4, -0.2) is 60.5 Å². The number of nitrogens with zero attached hydrogens (tertiary/aromatic N) is 4. The molecule has 1 amide bonds. The monoisotopic (exact) mass is 368 g/mol. The van der Waals surface area contributed by atoms with E-state index in [1.165, 1.54) is 13.2 Å². The Hall–Kier alpha value is -3.29. The standard InChI is InChI=1S/C17H20N8O2/c1-19-17(26)16-14(22-10-13-9-20-4-5-27-13)6-15(24-25-16)23-12-3-2-11(7-18)21-8-12/h2-3,6,8,13,20H,4-5,9-10H2,1H3,(H,19,26)(H2,22,23,24)/t13-/m0/s1. The van der Waals surface area contributed by atoms with Gasteiger partial charge in [-0.2, -0.15) is 5.26 Å². The number of nitriles is 1. The molecule has 1 fully saturated rings. The highest BCUT2D eigenvalue weighted by Crippen LogP contribution is 2.20. The number of hydrogen-bond acceptors (Lipinski definition) is 9. The van der Waals surface area contributed by atoms with E-state index in [0.29, 0.717) is 36.0 Å². The molecular formula is C17H20N8O2. The second-order valence-corrected chi connectivity index (χ2v) is 5.82. The van der Waals surface area contributed by atoms with Crippen molar-refractivity contribution < 1.29 is 9.53 Å². The number of morpholine rings is 1. The van der Waals surface area contributed by atoms with Gasteiger partial charge in [-0.1, -0.05) is 0 Å². The van der Waals surface area contributed by atoms with E-state index in [1.807, 2.05) is 6.07 Å². The van der Waals surface area contributed by atoms with E-state index in [-0.39, 0.29) is 17.7 Å². The van der Waals surface area contributed by atoms with Crippen LogP contribution in [0.25, 0.3) is 0 Å². The highest BCUT2D eigenvalue weighted by atomic mass is 16.5. The number of carbonyl (C=O) groups is 1. The minimum atomic E-state index is -0.334. The molecule has 140 valence electrons. The van der Waals surface area contributed by atoms with Crippen LogP contribution in [0.4, 0.5) is 17.2 Å². The quantitative estimate of drug-likeness (QED) is 0.565. The maximum atomic E-state index is 12.1. The lowest BCUT2D eigenvalue weighted by Crippen LogP contribution is -2.42. The summed E-state index contributed by atoms with van der Waals surface area (Å²) in [4.78, 5) is 16.1. The number of anilines is 3. The summed E-state index contributed by atoms with van der Waals surface area (Å²) in [5, 5.41) is 29.0. The van der Waals surface area contributed by atoms with Crippen molar-refractivity contribution in [1.82, 2.24) is 25.8 Å². The number of pyridine rings is 1. The summed E-state index contributed by atoms with van der Waals surface area (Å²) in [5.41, 5.74) is 1.72. The summed E-state index contributed by atoms with van der Waals surface area (Å²) in [5.74, 6) is 0.110. The molecule has 1 aliphatic heterocycles. The van der Waals surface area contributed by atoms with Crippen LogP contribution in [0, 0.1) is 11.3 Å². The Labute approximate surface area is 156 Å². The zero-order valence-electron chi connectivity index (χ0n) is 14.8. The molecule has 1 aliphatic rings. The van der Waals surface area contributed by atoms with Crippen LogP contribution in [0.5, 0.6) is 0 Å². The third kappa shape index (κ3) is 4.87. The van der Waals surface area contributed by atoms with E-state index >= 15 is 0 Å². The zero-order chi connectivity index (χ0) is 19.1. The lowest BCUT2D eigenvalue weighted by atomic mass is 10.2. The smallest absolute Gasteiger partial charge is 0.273 e. The van der Waals surface area contributed by atoms with Gasteiger partial charge in [0.05, 0.1) is 30.3 Å². The lowest BCUT2D eigenvalue weighted by Gasteiger charge is -2.24. The third-order valence-corrected chi connectivity index (χ3v) is 3.91. The Morgan fingerprint density at radius 1 is 1.44 bits per heavy atom. The van der Waals surface area contributed by atoms with Gasteiger partial charge >= 0.3 is 0 Å². The highest BCUT2D eigenvalue weighted by molar-refractivity contribution is 5.97. The van der Waals surface area contributed by atoms with Crippen molar-refractivity contribution in [2.24, 2.45) is 0 Å². The number of aromatic nitrogens is 3. The topological polar surface area (TPSA) is 137 Å². The predicted molar refractivity (Wildman–Crippen MR) is 98.8 cm³/mol. The molecule has 27 heavy (non-hydrogen) atoms. The average molecular weight is 368 g/mol. The van der Waals surface area contributed by atoms with Crippen molar-refractivity contribution in [3.05, 3.63) is 35.8 Å². The molecule has 0 radical (unpaired) electrons. The fourth-order valence-corrected chi connectivity index (χ4v) is 2.53.